The monoisotopic (exact) mass is 394 g/mol. The number of carbonyl (C=O) groups is 3. The highest BCUT2D eigenvalue weighted by atomic mass is 79.9. The summed E-state index contributed by atoms with van der Waals surface area (Å²) in [5.41, 5.74) is -0.253. The molecule has 0 spiro atoms. The summed E-state index contributed by atoms with van der Waals surface area (Å²) in [6.07, 6.45) is 2.56. The van der Waals surface area contributed by atoms with Crippen LogP contribution in [0.15, 0.2) is 28.7 Å². The van der Waals surface area contributed by atoms with Crippen molar-refractivity contribution in [3.63, 3.8) is 0 Å². The van der Waals surface area contributed by atoms with E-state index in [-0.39, 0.29) is 18.4 Å². The molecule has 0 aromatic heterocycles. The molecule has 2 amide bonds. The van der Waals surface area contributed by atoms with Crippen LogP contribution >= 0.6 is 15.9 Å². The smallest absolute Gasteiger partial charge is 0.311 e. The first kappa shape index (κ1) is 17.0. The molecule has 7 heteroatoms. The van der Waals surface area contributed by atoms with E-state index in [9.17, 15) is 19.5 Å². The van der Waals surface area contributed by atoms with E-state index in [1.54, 1.807) is 29.2 Å². The minimum atomic E-state index is -0.864. The van der Waals surface area contributed by atoms with Gasteiger partial charge >= 0.3 is 5.97 Å². The van der Waals surface area contributed by atoms with Crippen LogP contribution in [0, 0.1) is 5.41 Å². The maximum atomic E-state index is 12.6. The van der Waals surface area contributed by atoms with E-state index in [2.05, 4.69) is 21.2 Å². The van der Waals surface area contributed by atoms with Gasteiger partial charge in [-0.25, -0.2) is 0 Å². The molecule has 0 radical (unpaired) electrons. The van der Waals surface area contributed by atoms with E-state index in [0.29, 0.717) is 31.4 Å². The molecule has 2 N–H and O–H groups in total. The van der Waals surface area contributed by atoms with Crippen LogP contribution in [-0.4, -0.2) is 46.9 Å². The molecule has 1 aromatic carbocycles. The van der Waals surface area contributed by atoms with Gasteiger partial charge in [0.25, 0.3) is 5.91 Å². The van der Waals surface area contributed by atoms with Crippen LogP contribution in [0.3, 0.4) is 0 Å². The molecule has 1 aliphatic carbocycles. The second-order valence-corrected chi connectivity index (χ2v) is 7.38. The molecule has 1 saturated heterocycles. The number of benzene rings is 1. The Morgan fingerprint density at radius 2 is 1.92 bits per heavy atom. The average molecular weight is 395 g/mol. The Bertz CT molecular complexity index is 670. The number of carbonyl (C=O) groups excluding carboxylic acids is 2. The highest BCUT2D eigenvalue weighted by Crippen LogP contribution is 2.45. The van der Waals surface area contributed by atoms with Gasteiger partial charge in [0.2, 0.25) is 5.91 Å². The largest absolute Gasteiger partial charge is 0.481 e. The number of amides is 2. The SMILES string of the molecule is O=C(NCC1(C(=O)O)CC1)C1CCCN1C(=O)c1ccc(Br)cc1. The lowest BCUT2D eigenvalue weighted by Gasteiger charge is -2.24. The number of nitrogens with one attached hydrogen (secondary N) is 1. The summed E-state index contributed by atoms with van der Waals surface area (Å²) in [6, 6.07) is 6.52. The molecule has 2 fully saturated rings. The van der Waals surface area contributed by atoms with Gasteiger partial charge in [0.05, 0.1) is 5.41 Å². The number of halogens is 1. The molecular weight excluding hydrogens is 376 g/mol. The van der Waals surface area contributed by atoms with Crippen molar-refractivity contribution < 1.29 is 19.5 Å². The number of aliphatic carboxylic acids is 1. The lowest BCUT2D eigenvalue weighted by molar-refractivity contribution is -0.143. The molecule has 1 unspecified atom stereocenters. The second-order valence-electron chi connectivity index (χ2n) is 6.47. The molecule has 1 aliphatic heterocycles. The normalized spacial score (nSPS) is 21.4. The van der Waals surface area contributed by atoms with Crippen molar-refractivity contribution in [3.05, 3.63) is 34.3 Å². The van der Waals surface area contributed by atoms with Crippen LogP contribution in [0.1, 0.15) is 36.0 Å². The Morgan fingerprint density at radius 3 is 2.50 bits per heavy atom. The summed E-state index contributed by atoms with van der Waals surface area (Å²) in [6.45, 7) is 0.676. The summed E-state index contributed by atoms with van der Waals surface area (Å²) in [7, 11) is 0. The van der Waals surface area contributed by atoms with Gasteiger partial charge in [-0.1, -0.05) is 15.9 Å². The van der Waals surface area contributed by atoms with Crippen LogP contribution < -0.4 is 5.32 Å². The standard InChI is InChI=1S/C17H19BrN2O4/c18-12-5-3-11(4-6-12)15(22)20-9-1-2-13(20)14(21)19-10-17(7-8-17)16(23)24/h3-6,13H,1-2,7-10H2,(H,19,21)(H,23,24). The first-order chi connectivity index (χ1) is 11.4. The molecule has 128 valence electrons. The second kappa shape index (κ2) is 6.55. The van der Waals surface area contributed by atoms with Gasteiger partial charge in [-0.2, -0.15) is 0 Å². The summed E-state index contributed by atoms with van der Waals surface area (Å²) in [4.78, 5) is 37.8. The summed E-state index contributed by atoms with van der Waals surface area (Å²) < 4.78 is 0.887. The van der Waals surface area contributed by atoms with Crippen molar-refractivity contribution in [2.75, 3.05) is 13.1 Å². The van der Waals surface area contributed by atoms with Gasteiger partial charge in [-0.05, 0) is 49.9 Å². The van der Waals surface area contributed by atoms with Crippen molar-refractivity contribution in [3.8, 4) is 0 Å². The maximum Gasteiger partial charge on any atom is 0.311 e. The average Bonchev–Trinajstić information content (AvgIpc) is 3.21. The van der Waals surface area contributed by atoms with Gasteiger partial charge < -0.3 is 15.3 Å². The summed E-state index contributed by atoms with van der Waals surface area (Å²) >= 11 is 3.33. The molecule has 1 saturated carbocycles. The topological polar surface area (TPSA) is 86.7 Å². The number of rotatable bonds is 5. The van der Waals surface area contributed by atoms with E-state index in [0.717, 1.165) is 10.9 Å². The fourth-order valence-corrected chi connectivity index (χ4v) is 3.30. The zero-order valence-corrected chi connectivity index (χ0v) is 14.7. The number of hydrogen-bond donors (Lipinski definition) is 2. The number of hydrogen-bond acceptors (Lipinski definition) is 3. The Balaban J connectivity index is 1.64. The van der Waals surface area contributed by atoms with Gasteiger partial charge in [0.15, 0.2) is 0 Å². The lowest BCUT2D eigenvalue weighted by Crippen LogP contribution is -2.47. The van der Waals surface area contributed by atoms with Gasteiger partial charge in [0, 0.05) is 23.1 Å². The third kappa shape index (κ3) is 3.31. The van der Waals surface area contributed by atoms with E-state index in [4.69, 9.17) is 0 Å². The van der Waals surface area contributed by atoms with Crippen LogP contribution in [-0.2, 0) is 9.59 Å². The van der Waals surface area contributed by atoms with E-state index < -0.39 is 17.4 Å². The van der Waals surface area contributed by atoms with Crippen molar-refractivity contribution in [2.45, 2.75) is 31.7 Å². The summed E-state index contributed by atoms with van der Waals surface area (Å²) in [5.74, 6) is -1.29. The van der Waals surface area contributed by atoms with Gasteiger partial charge in [0.1, 0.15) is 6.04 Å². The van der Waals surface area contributed by atoms with Crippen LogP contribution in [0.25, 0.3) is 0 Å². The van der Waals surface area contributed by atoms with E-state index >= 15 is 0 Å². The number of likely N-dealkylation sites (tertiary alicyclic amines) is 1. The van der Waals surface area contributed by atoms with E-state index in [1.807, 2.05) is 0 Å². The number of nitrogens with zero attached hydrogens (tertiary/aromatic N) is 1. The minimum Gasteiger partial charge on any atom is -0.481 e. The predicted molar refractivity (Wildman–Crippen MR) is 90.5 cm³/mol. The van der Waals surface area contributed by atoms with E-state index in [1.165, 1.54) is 0 Å². The molecule has 1 heterocycles. The zero-order chi connectivity index (χ0) is 17.3. The zero-order valence-electron chi connectivity index (χ0n) is 13.1. The van der Waals surface area contributed by atoms with Gasteiger partial charge in [-0.3, -0.25) is 14.4 Å². The quantitative estimate of drug-likeness (QED) is 0.799. The number of carboxylic acid groups (broad SMARTS) is 1. The molecular formula is C17H19BrN2O4. The Labute approximate surface area is 148 Å². The third-order valence-corrected chi connectivity index (χ3v) is 5.34. The molecule has 1 aromatic rings. The fraction of sp³-hybridized carbons (Fsp3) is 0.471. The highest BCUT2D eigenvalue weighted by Gasteiger charge is 2.50. The molecule has 0 bridgehead atoms. The number of carboxylic acids is 1. The van der Waals surface area contributed by atoms with Crippen molar-refractivity contribution in [2.24, 2.45) is 5.41 Å². The lowest BCUT2D eigenvalue weighted by atomic mass is 10.1. The highest BCUT2D eigenvalue weighted by molar-refractivity contribution is 9.10. The van der Waals surface area contributed by atoms with Gasteiger partial charge in [-0.15, -0.1) is 0 Å². The van der Waals surface area contributed by atoms with Crippen molar-refractivity contribution in [1.82, 2.24) is 10.2 Å². The van der Waals surface area contributed by atoms with Crippen LogP contribution in [0.4, 0.5) is 0 Å². The fourth-order valence-electron chi connectivity index (χ4n) is 3.03. The molecule has 24 heavy (non-hydrogen) atoms. The van der Waals surface area contributed by atoms with Crippen molar-refractivity contribution in [1.29, 1.82) is 0 Å². The first-order valence-corrected chi connectivity index (χ1v) is 8.80. The minimum absolute atomic E-state index is 0.137. The predicted octanol–water partition coefficient (Wildman–Crippen LogP) is 2.03. The Hall–Kier alpha value is -1.89. The van der Waals surface area contributed by atoms with Crippen LogP contribution in [0.5, 0.6) is 0 Å². The molecule has 6 nitrogen and oxygen atoms in total. The third-order valence-electron chi connectivity index (χ3n) is 4.82. The Morgan fingerprint density at radius 1 is 1.25 bits per heavy atom. The molecule has 1 atom stereocenters. The Kier molecular flexibility index (Phi) is 4.62. The van der Waals surface area contributed by atoms with Crippen molar-refractivity contribution >= 4 is 33.7 Å². The molecule has 3 rings (SSSR count). The maximum absolute atomic E-state index is 12.6. The summed E-state index contributed by atoms with van der Waals surface area (Å²) in [5, 5.41) is 11.9. The van der Waals surface area contributed by atoms with Crippen LogP contribution in [0.2, 0.25) is 0 Å². The molecule has 2 aliphatic rings. The first-order valence-electron chi connectivity index (χ1n) is 8.01.